The Balaban J connectivity index is 0.00000576. The van der Waals surface area contributed by atoms with Gasteiger partial charge in [0, 0.05) is 46.1 Å². The molecule has 0 unspecified atom stereocenters. The first-order valence-corrected chi connectivity index (χ1v) is 8.89. The van der Waals surface area contributed by atoms with Crippen molar-refractivity contribution in [3.05, 3.63) is 29.8 Å². The van der Waals surface area contributed by atoms with Crippen LogP contribution in [0.4, 0.5) is 5.69 Å². The number of guanidine groups is 1. The molecule has 0 atom stereocenters. The second-order valence-corrected chi connectivity index (χ2v) is 6.51. The Labute approximate surface area is 170 Å². The Hall–Kier alpha value is -1.02. The van der Waals surface area contributed by atoms with E-state index in [2.05, 4.69) is 65.6 Å². The molecule has 0 saturated heterocycles. The van der Waals surface area contributed by atoms with Crippen LogP contribution in [0.2, 0.25) is 0 Å². The Morgan fingerprint density at radius 2 is 1.84 bits per heavy atom. The van der Waals surface area contributed by atoms with Crippen LogP contribution in [-0.4, -0.2) is 46.4 Å². The quantitative estimate of drug-likeness (QED) is 0.242. The number of hydrogen-bond donors (Lipinski definition) is 2. The van der Waals surface area contributed by atoms with Crippen LogP contribution in [0.3, 0.4) is 0 Å². The smallest absolute Gasteiger partial charge is 0.191 e. The molecule has 0 aliphatic heterocycles. The first kappa shape index (κ1) is 24.0. The molecule has 2 N–H and O–H groups in total. The molecule has 0 aromatic heterocycles. The summed E-state index contributed by atoms with van der Waals surface area (Å²) in [5.41, 5.74) is 2.41. The van der Waals surface area contributed by atoms with Gasteiger partial charge in [0.25, 0.3) is 0 Å². The lowest BCUT2D eigenvalue weighted by Gasteiger charge is -2.13. The maximum absolute atomic E-state index is 5.59. The second-order valence-electron chi connectivity index (χ2n) is 6.51. The molecule has 0 aliphatic rings. The Bertz CT molecular complexity index is 475. The molecule has 0 saturated carbocycles. The molecule has 1 aromatic rings. The molecule has 1 rings (SSSR count). The van der Waals surface area contributed by atoms with Crippen LogP contribution in [0, 0.1) is 5.92 Å². The number of nitrogens with one attached hydrogen (secondary N) is 2. The van der Waals surface area contributed by atoms with E-state index in [0.717, 1.165) is 38.7 Å². The van der Waals surface area contributed by atoms with Gasteiger partial charge >= 0.3 is 0 Å². The lowest BCUT2D eigenvalue weighted by Crippen LogP contribution is -2.38. The van der Waals surface area contributed by atoms with Gasteiger partial charge in [-0.2, -0.15) is 0 Å². The van der Waals surface area contributed by atoms with Crippen molar-refractivity contribution in [3.8, 4) is 0 Å². The van der Waals surface area contributed by atoms with Gasteiger partial charge < -0.3 is 20.3 Å². The van der Waals surface area contributed by atoms with E-state index in [9.17, 15) is 0 Å². The summed E-state index contributed by atoms with van der Waals surface area (Å²) < 4.78 is 5.59. The average molecular weight is 462 g/mol. The molecule has 0 radical (unpaired) electrons. The monoisotopic (exact) mass is 462 g/mol. The highest BCUT2D eigenvalue weighted by Gasteiger charge is 1.99. The van der Waals surface area contributed by atoms with Crippen LogP contribution in [0.25, 0.3) is 0 Å². The Morgan fingerprint density at radius 3 is 2.40 bits per heavy atom. The van der Waals surface area contributed by atoms with Crippen LogP contribution < -0.4 is 15.5 Å². The molecule has 0 bridgehead atoms. The molecular weight excluding hydrogens is 427 g/mol. The summed E-state index contributed by atoms with van der Waals surface area (Å²) >= 11 is 0. The Morgan fingerprint density at radius 1 is 1.16 bits per heavy atom. The zero-order chi connectivity index (χ0) is 17.8. The van der Waals surface area contributed by atoms with Crippen molar-refractivity contribution >= 4 is 35.6 Å². The molecule has 6 heteroatoms. The van der Waals surface area contributed by atoms with Gasteiger partial charge in [0.05, 0.1) is 6.54 Å². The van der Waals surface area contributed by atoms with E-state index in [4.69, 9.17) is 4.74 Å². The van der Waals surface area contributed by atoms with E-state index in [-0.39, 0.29) is 24.0 Å². The van der Waals surface area contributed by atoms with Crippen molar-refractivity contribution in [1.82, 2.24) is 10.6 Å². The van der Waals surface area contributed by atoms with Gasteiger partial charge in [-0.3, -0.25) is 0 Å². The normalized spacial score (nSPS) is 11.2. The van der Waals surface area contributed by atoms with Gasteiger partial charge in [-0.15, -0.1) is 24.0 Å². The van der Waals surface area contributed by atoms with Crippen LogP contribution in [0.5, 0.6) is 0 Å². The van der Waals surface area contributed by atoms with Gasteiger partial charge in [-0.1, -0.05) is 26.0 Å². The van der Waals surface area contributed by atoms with Gasteiger partial charge in [0.1, 0.15) is 0 Å². The van der Waals surface area contributed by atoms with E-state index in [1.165, 1.54) is 11.3 Å². The maximum Gasteiger partial charge on any atom is 0.191 e. The molecule has 0 fully saturated rings. The van der Waals surface area contributed by atoms with E-state index >= 15 is 0 Å². The molecular formula is C19H35IN4O. The third-order valence-corrected chi connectivity index (χ3v) is 3.43. The minimum atomic E-state index is 0. The predicted octanol–water partition coefficient (Wildman–Crippen LogP) is 3.49. The predicted molar refractivity (Wildman–Crippen MR) is 119 cm³/mol. The SMILES string of the molecule is CCNC(=NCc1ccc(N(C)C)cc1)NCCCOCC(C)C.I. The van der Waals surface area contributed by atoms with Crippen LogP contribution >= 0.6 is 24.0 Å². The maximum atomic E-state index is 5.59. The number of nitrogens with zero attached hydrogens (tertiary/aromatic N) is 2. The third kappa shape index (κ3) is 11.3. The number of ether oxygens (including phenoxy) is 1. The minimum absolute atomic E-state index is 0. The highest BCUT2D eigenvalue weighted by molar-refractivity contribution is 14.0. The van der Waals surface area contributed by atoms with Gasteiger partial charge in [0.15, 0.2) is 5.96 Å². The number of halogens is 1. The molecule has 1 aromatic carbocycles. The van der Waals surface area contributed by atoms with Crippen molar-refractivity contribution in [2.24, 2.45) is 10.9 Å². The first-order chi connectivity index (χ1) is 11.5. The van der Waals surface area contributed by atoms with Gasteiger partial charge in [-0.05, 0) is 37.0 Å². The third-order valence-electron chi connectivity index (χ3n) is 3.43. The number of benzene rings is 1. The molecule has 0 amide bonds. The summed E-state index contributed by atoms with van der Waals surface area (Å²) in [4.78, 5) is 6.74. The Kier molecular flexibility index (Phi) is 13.6. The first-order valence-electron chi connectivity index (χ1n) is 8.89. The van der Waals surface area contributed by atoms with Gasteiger partial charge in [-0.25, -0.2) is 4.99 Å². The standard InChI is InChI=1S/C19H34N4O.HI/c1-6-20-19(21-12-7-13-24-15-16(2)3)22-14-17-8-10-18(11-9-17)23(4)5;/h8-11,16H,6-7,12-15H2,1-5H3,(H2,20,21,22);1H. The summed E-state index contributed by atoms with van der Waals surface area (Å²) in [5.74, 6) is 1.45. The number of rotatable bonds is 10. The van der Waals surface area contributed by atoms with Crippen molar-refractivity contribution in [2.75, 3.05) is 45.3 Å². The van der Waals surface area contributed by atoms with E-state index in [1.807, 2.05) is 14.1 Å². The summed E-state index contributed by atoms with van der Waals surface area (Å²) in [7, 11) is 4.09. The summed E-state index contributed by atoms with van der Waals surface area (Å²) in [6.07, 6.45) is 0.981. The fraction of sp³-hybridized carbons (Fsp3) is 0.632. The molecule has 144 valence electrons. The fourth-order valence-corrected chi connectivity index (χ4v) is 2.11. The summed E-state index contributed by atoms with van der Waals surface area (Å²) in [6, 6.07) is 8.50. The average Bonchev–Trinajstić information content (AvgIpc) is 2.55. The highest BCUT2D eigenvalue weighted by Crippen LogP contribution is 2.12. The molecule has 25 heavy (non-hydrogen) atoms. The lowest BCUT2D eigenvalue weighted by atomic mass is 10.2. The fourth-order valence-electron chi connectivity index (χ4n) is 2.11. The van der Waals surface area contributed by atoms with Gasteiger partial charge in [0.2, 0.25) is 0 Å². The van der Waals surface area contributed by atoms with Crippen LogP contribution in [0.1, 0.15) is 32.8 Å². The van der Waals surface area contributed by atoms with Crippen molar-refractivity contribution in [3.63, 3.8) is 0 Å². The minimum Gasteiger partial charge on any atom is -0.381 e. The van der Waals surface area contributed by atoms with Crippen LogP contribution in [-0.2, 0) is 11.3 Å². The zero-order valence-corrected chi connectivity index (χ0v) is 18.7. The number of anilines is 1. The topological polar surface area (TPSA) is 48.9 Å². The lowest BCUT2D eigenvalue weighted by molar-refractivity contribution is 0.108. The van der Waals surface area contributed by atoms with E-state index < -0.39 is 0 Å². The van der Waals surface area contributed by atoms with E-state index in [1.54, 1.807) is 0 Å². The highest BCUT2D eigenvalue weighted by atomic mass is 127. The van der Waals surface area contributed by atoms with E-state index in [0.29, 0.717) is 12.5 Å². The second kappa shape index (κ2) is 14.2. The molecule has 0 heterocycles. The summed E-state index contributed by atoms with van der Waals surface area (Å²) in [5, 5.41) is 6.64. The number of aliphatic imine (C=N–C) groups is 1. The van der Waals surface area contributed by atoms with Crippen molar-refractivity contribution in [1.29, 1.82) is 0 Å². The van der Waals surface area contributed by atoms with Crippen molar-refractivity contribution in [2.45, 2.75) is 33.7 Å². The molecule has 0 aliphatic carbocycles. The summed E-state index contributed by atoms with van der Waals surface area (Å²) in [6.45, 7) is 10.4. The van der Waals surface area contributed by atoms with Crippen molar-refractivity contribution < 1.29 is 4.74 Å². The molecule has 0 spiro atoms. The number of hydrogen-bond acceptors (Lipinski definition) is 3. The largest absolute Gasteiger partial charge is 0.381 e. The zero-order valence-electron chi connectivity index (χ0n) is 16.3. The molecule has 5 nitrogen and oxygen atoms in total. The van der Waals surface area contributed by atoms with Crippen LogP contribution in [0.15, 0.2) is 29.3 Å².